The second kappa shape index (κ2) is 9.02. The van der Waals surface area contributed by atoms with Crippen molar-refractivity contribution in [2.24, 2.45) is 0 Å². The maximum atomic E-state index is 15.0. The van der Waals surface area contributed by atoms with E-state index < -0.39 is 46.1 Å². The first-order valence-electron chi connectivity index (χ1n) is 8.96. The lowest BCUT2D eigenvalue weighted by atomic mass is 9.66. The fourth-order valence-corrected chi connectivity index (χ4v) is 4.03. The lowest BCUT2D eigenvalue weighted by Crippen LogP contribution is -2.44. The lowest BCUT2D eigenvalue weighted by molar-refractivity contribution is -0.123. The maximum absolute atomic E-state index is 15.0. The van der Waals surface area contributed by atoms with Gasteiger partial charge in [0.15, 0.2) is 23.3 Å². The Morgan fingerprint density at radius 2 is 1.62 bits per heavy atom. The predicted octanol–water partition coefficient (Wildman–Crippen LogP) is 6.16. The summed E-state index contributed by atoms with van der Waals surface area (Å²) >= 11 is 12.3. The summed E-state index contributed by atoms with van der Waals surface area (Å²) < 4.78 is 58.2. The fraction of sp³-hybridized carbons (Fsp3) is 0.381. The van der Waals surface area contributed by atoms with Crippen LogP contribution in [0.15, 0.2) is 24.3 Å². The van der Waals surface area contributed by atoms with Gasteiger partial charge < -0.3 is 4.90 Å². The van der Waals surface area contributed by atoms with Gasteiger partial charge in [-0.15, -0.1) is 0 Å². The van der Waals surface area contributed by atoms with Crippen LogP contribution in [-0.4, -0.2) is 30.8 Å². The molecule has 158 valence electrons. The lowest BCUT2D eigenvalue weighted by Gasteiger charge is -2.38. The minimum atomic E-state index is -2.06. The van der Waals surface area contributed by atoms with Gasteiger partial charge in [0.2, 0.25) is 0 Å². The van der Waals surface area contributed by atoms with Crippen molar-refractivity contribution >= 4 is 29.0 Å². The number of carbonyl (C=O) groups excluding carboxylic acids is 1. The van der Waals surface area contributed by atoms with Crippen LogP contribution in [0.1, 0.15) is 37.8 Å². The van der Waals surface area contributed by atoms with Gasteiger partial charge in [0.25, 0.3) is 0 Å². The van der Waals surface area contributed by atoms with Gasteiger partial charge in [-0.05, 0) is 45.1 Å². The number of rotatable bonds is 7. The molecule has 0 fully saturated rings. The van der Waals surface area contributed by atoms with Crippen molar-refractivity contribution in [3.05, 3.63) is 68.7 Å². The summed E-state index contributed by atoms with van der Waals surface area (Å²) in [5.74, 6) is -7.05. The topological polar surface area (TPSA) is 20.3 Å². The van der Waals surface area contributed by atoms with Crippen LogP contribution in [-0.2, 0) is 10.2 Å². The number of nitrogens with zero attached hydrogens (tertiary/aromatic N) is 1. The molecule has 0 bridgehead atoms. The van der Waals surface area contributed by atoms with Crippen molar-refractivity contribution < 1.29 is 22.4 Å². The number of Topliss-reactive ketones (excluding diaryl/α,β-unsaturated/α-hetero) is 1. The van der Waals surface area contributed by atoms with Gasteiger partial charge in [-0.1, -0.05) is 36.2 Å². The highest BCUT2D eigenvalue weighted by Crippen LogP contribution is 2.46. The smallest absolute Gasteiger partial charge is 0.166 e. The van der Waals surface area contributed by atoms with Gasteiger partial charge >= 0.3 is 0 Å². The molecule has 0 saturated carbocycles. The van der Waals surface area contributed by atoms with Crippen LogP contribution < -0.4 is 0 Å². The zero-order valence-electron chi connectivity index (χ0n) is 16.4. The molecule has 0 spiro atoms. The number of hydrogen-bond donors (Lipinski definition) is 0. The van der Waals surface area contributed by atoms with E-state index in [9.17, 15) is 22.4 Å². The van der Waals surface area contributed by atoms with E-state index in [1.807, 2.05) is 0 Å². The third kappa shape index (κ3) is 4.30. The van der Waals surface area contributed by atoms with Gasteiger partial charge in [-0.2, -0.15) is 0 Å². The van der Waals surface area contributed by atoms with E-state index in [0.29, 0.717) is 0 Å². The van der Waals surface area contributed by atoms with E-state index in [-0.39, 0.29) is 34.5 Å². The number of ketones is 1. The van der Waals surface area contributed by atoms with Crippen molar-refractivity contribution in [2.75, 3.05) is 14.1 Å². The first-order valence-corrected chi connectivity index (χ1v) is 9.71. The molecule has 0 radical (unpaired) electrons. The van der Waals surface area contributed by atoms with Gasteiger partial charge in [0.1, 0.15) is 5.78 Å². The Kier molecular flexibility index (Phi) is 7.36. The van der Waals surface area contributed by atoms with Crippen LogP contribution in [0.3, 0.4) is 0 Å². The maximum Gasteiger partial charge on any atom is 0.166 e. The molecule has 0 saturated heterocycles. The Morgan fingerprint density at radius 1 is 1.07 bits per heavy atom. The van der Waals surface area contributed by atoms with Crippen LogP contribution in [0, 0.1) is 23.3 Å². The van der Waals surface area contributed by atoms with E-state index in [4.69, 9.17) is 23.2 Å². The Bertz CT molecular complexity index is 909. The second-order valence-electron chi connectivity index (χ2n) is 7.17. The van der Waals surface area contributed by atoms with Crippen molar-refractivity contribution in [2.45, 2.75) is 38.1 Å². The average Bonchev–Trinajstić information content (AvgIpc) is 2.64. The van der Waals surface area contributed by atoms with Crippen LogP contribution in [0.2, 0.25) is 10.0 Å². The SMILES string of the molecule is CCC(=O)[C@@](C[C@H](C)N(C)C)(c1ccc(Cl)cc1Cl)c1c(F)c(F)cc(F)c1F. The monoisotopic (exact) mass is 449 g/mol. The largest absolute Gasteiger partial charge is 0.307 e. The van der Waals surface area contributed by atoms with E-state index in [0.717, 1.165) is 0 Å². The highest BCUT2D eigenvalue weighted by atomic mass is 35.5. The van der Waals surface area contributed by atoms with Crippen molar-refractivity contribution in [1.29, 1.82) is 0 Å². The molecule has 0 N–H and O–H groups in total. The Morgan fingerprint density at radius 3 is 2.07 bits per heavy atom. The van der Waals surface area contributed by atoms with Crippen molar-refractivity contribution in [3.8, 4) is 0 Å². The molecule has 2 nitrogen and oxygen atoms in total. The summed E-state index contributed by atoms with van der Waals surface area (Å²) in [5.41, 5.74) is -3.01. The van der Waals surface area contributed by atoms with Crippen molar-refractivity contribution in [1.82, 2.24) is 4.90 Å². The summed E-state index contributed by atoms with van der Waals surface area (Å²) in [7, 11) is 3.43. The number of halogens is 6. The zero-order valence-corrected chi connectivity index (χ0v) is 17.9. The number of benzene rings is 2. The zero-order chi connectivity index (χ0) is 22.1. The Hall–Kier alpha value is -1.63. The second-order valence-corrected chi connectivity index (χ2v) is 8.01. The highest BCUT2D eigenvalue weighted by molar-refractivity contribution is 6.35. The molecule has 0 aliphatic carbocycles. The van der Waals surface area contributed by atoms with Gasteiger partial charge in [-0.3, -0.25) is 4.79 Å². The predicted molar refractivity (Wildman–Crippen MR) is 107 cm³/mol. The molecule has 2 aromatic carbocycles. The molecular formula is C21H21Cl2F4NO. The molecule has 0 amide bonds. The molecule has 8 heteroatoms. The van der Waals surface area contributed by atoms with E-state index in [1.165, 1.54) is 25.1 Å². The van der Waals surface area contributed by atoms with E-state index in [2.05, 4.69) is 0 Å². The molecule has 0 aromatic heterocycles. The summed E-state index contributed by atoms with van der Waals surface area (Å²) in [4.78, 5) is 15.0. The molecule has 0 aliphatic rings. The quantitative estimate of drug-likeness (QED) is 0.372. The molecular weight excluding hydrogens is 429 g/mol. The first kappa shape index (κ1) is 23.6. The summed E-state index contributed by atoms with van der Waals surface area (Å²) in [6.07, 6.45) is -0.305. The first-order chi connectivity index (χ1) is 13.5. The molecule has 2 atom stereocenters. The summed E-state index contributed by atoms with van der Waals surface area (Å²) in [5, 5.41) is 0.206. The molecule has 0 unspecified atom stereocenters. The number of hydrogen-bond acceptors (Lipinski definition) is 2. The van der Waals surface area contributed by atoms with Crippen LogP contribution in [0.5, 0.6) is 0 Å². The highest BCUT2D eigenvalue weighted by Gasteiger charge is 2.48. The van der Waals surface area contributed by atoms with Crippen LogP contribution in [0.25, 0.3) is 0 Å². The third-order valence-corrected chi connectivity index (χ3v) is 5.76. The normalized spacial score (nSPS) is 14.7. The molecule has 29 heavy (non-hydrogen) atoms. The minimum Gasteiger partial charge on any atom is -0.307 e. The minimum absolute atomic E-state index is 0.0336. The summed E-state index contributed by atoms with van der Waals surface area (Å²) in [6.45, 7) is 3.24. The van der Waals surface area contributed by atoms with Gasteiger partial charge in [0, 0.05) is 34.1 Å². The number of carbonyl (C=O) groups is 1. The van der Waals surface area contributed by atoms with E-state index >= 15 is 0 Å². The van der Waals surface area contributed by atoms with E-state index in [1.54, 1.807) is 25.9 Å². The average molecular weight is 450 g/mol. The third-order valence-electron chi connectivity index (χ3n) is 5.21. The van der Waals surface area contributed by atoms with Gasteiger partial charge in [-0.25, -0.2) is 17.6 Å². The Balaban J connectivity index is 3.04. The van der Waals surface area contributed by atoms with Crippen LogP contribution in [0.4, 0.5) is 17.6 Å². The van der Waals surface area contributed by atoms with Crippen molar-refractivity contribution in [3.63, 3.8) is 0 Å². The van der Waals surface area contributed by atoms with Crippen LogP contribution >= 0.6 is 23.2 Å². The summed E-state index contributed by atoms with van der Waals surface area (Å²) in [6, 6.07) is 3.81. The molecule has 0 heterocycles. The van der Waals surface area contributed by atoms with Gasteiger partial charge in [0.05, 0.1) is 5.41 Å². The fourth-order valence-electron chi connectivity index (χ4n) is 3.46. The standard InChI is InChI=1S/C21H21Cl2F4NO/c1-5-17(29)21(10-11(2)28(3)4,13-7-6-12(22)8-14(13)23)18-19(26)15(24)9-16(25)20(18)27/h6-9,11H,5,10H2,1-4H3/t11-,21+/m0/s1. The Labute approximate surface area is 177 Å². The molecule has 2 aromatic rings. The molecule has 2 rings (SSSR count). The molecule has 0 aliphatic heterocycles.